The largest absolute Gasteiger partial charge is 0.394 e. The molecule has 0 aromatic heterocycles. The Balaban J connectivity index is 1.98. The number of benzene rings is 1. The van der Waals surface area contributed by atoms with Crippen molar-refractivity contribution < 1.29 is 18.7 Å². The lowest BCUT2D eigenvalue weighted by Gasteiger charge is -2.29. The van der Waals surface area contributed by atoms with Crippen molar-refractivity contribution in [1.82, 2.24) is 10.6 Å². The summed E-state index contributed by atoms with van der Waals surface area (Å²) in [6, 6.07) is 2.16. The fraction of sp³-hybridized carbons (Fsp3) is 0.533. The summed E-state index contributed by atoms with van der Waals surface area (Å²) in [7, 11) is 0. The van der Waals surface area contributed by atoms with Crippen LogP contribution < -0.4 is 10.6 Å². The van der Waals surface area contributed by atoms with E-state index in [0.29, 0.717) is 0 Å². The van der Waals surface area contributed by atoms with Gasteiger partial charge in [0.25, 0.3) is 0 Å². The quantitative estimate of drug-likeness (QED) is 0.782. The van der Waals surface area contributed by atoms with E-state index in [1.54, 1.807) is 13.8 Å². The number of halogens is 2. The third-order valence-corrected chi connectivity index (χ3v) is 3.98. The van der Waals surface area contributed by atoms with Crippen molar-refractivity contribution in [2.45, 2.75) is 38.3 Å². The molecule has 3 N–H and O–H groups in total. The topological polar surface area (TPSA) is 61.4 Å². The molecule has 0 bridgehead atoms. The standard InChI is InChI=1S/C15H20F2N2O2/c1-9(12-6-5-11(16)7-13(12)17)18-14(21)19-15(2,8-20)10-3-4-10/h5-7,9-10,20H,3-4,8H2,1-2H3,(H2,18,19,21). The fourth-order valence-corrected chi connectivity index (χ4v) is 2.41. The lowest BCUT2D eigenvalue weighted by Crippen LogP contribution is -2.54. The summed E-state index contributed by atoms with van der Waals surface area (Å²) in [4.78, 5) is 12.0. The summed E-state index contributed by atoms with van der Waals surface area (Å²) >= 11 is 0. The lowest BCUT2D eigenvalue weighted by atomic mass is 9.97. The highest BCUT2D eigenvalue weighted by Gasteiger charge is 2.42. The van der Waals surface area contributed by atoms with Gasteiger partial charge in [-0.2, -0.15) is 0 Å². The molecule has 1 aliphatic carbocycles. The van der Waals surface area contributed by atoms with E-state index in [2.05, 4.69) is 10.6 Å². The minimum absolute atomic E-state index is 0.148. The normalized spacial score (nSPS) is 18.7. The van der Waals surface area contributed by atoms with Crippen LogP contribution in [0, 0.1) is 17.6 Å². The summed E-state index contributed by atoms with van der Waals surface area (Å²) in [5.74, 6) is -1.09. The van der Waals surface area contributed by atoms with Gasteiger partial charge < -0.3 is 15.7 Å². The Kier molecular flexibility index (Phi) is 4.46. The third-order valence-electron chi connectivity index (χ3n) is 3.98. The summed E-state index contributed by atoms with van der Waals surface area (Å²) in [6.07, 6.45) is 1.94. The Morgan fingerprint density at radius 3 is 2.67 bits per heavy atom. The number of nitrogens with one attached hydrogen (secondary N) is 2. The van der Waals surface area contributed by atoms with Crippen LogP contribution in [0.2, 0.25) is 0 Å². The van der Waals surface area contributed by atoms with Gasteiger partial charge >= 0.3 is 6.03 Å². The Morgan fingerprint density at radius 2 is 2.14 bits per heavy atom. The highest BCUT2D eigenvalue weighted by atomic mass is 19.1. The molecule has 4 nitrogen and oxygen atoms in total. The van der Waals surface area contributed by atoms with E-state index in [-0.39, 0.29) is 18.1 Å². The van der Waals surface area contributed by atoms with E-state index in [0.717, 1.165) is 25.0 Å². The van der Waals surface area contributed by atoms with Crippen LogP contribution in [0.1, 0.15) is 38.3 Å². The van der Waals surface area contributed by atoms with E-state index in [1.807, 2.05) is 0 Å². The number of hydrogen-bond acceptors (Lipinski definition) is 2. The molecule has 1 aromatic carbocycles. The summed E-state index contributed by atoms with van der Waals surface area (Å²) in [5.41, 5.74) is -0.450. The van der Waals surface area contributed by atoms with Crippen LogP contribution in [0.15, 0.2) is 18.2 Å². The maximum absolute atomic E-state index is 13.6. The average molecular weight is 298 g/mol. The smallest absolute Gasteiger partial charge is 0.315 e. The second kappa shape index (κ2) is 5.97. The number of rotatable bonds is 5. The highest BCUT2D eigenvalue weighted by molar-refractivity contribution is 5.75. The molecule has 116 valence electrons. The van der Waals surface area contributed by atoms with Crippen LogP contribution in [0.25, 0.3) is 0 Å². The molecular formula is C15H20F2N2O2. The van der Waals surface area contributed by atoms with Gasteiger partial charge in [-0.3, -0.25) is 0 Å². The van der Waals surface area contributed by atoms with Crippen LogP contribution in [0.4, 0.5) is 13.6 Å². The van der Waals surface area contributed by atoms with Crippen LogP contribution in [0.3, 0.4) is 0 Å². The Bertz CT molecular complexity index is 534. The van der Waals surface area contributed by atoms with Crippen molar-refractivity contribution in [3.63, 3.8) is 0 Å². The Morgan fingerprint density at radius 1 is 1.48 bits per heavy atom. The number of aliphatic hydroxyl groups excluding tert-OH is 1. The number of aliphatic hydroxyl groups is 1. The van der Waals surface area contributed by atoms with Crippen LogP contribution in [-0.4, -0.2) is 23.3 Å². The Hall–Kier alpha value is -1.69. The molecular weight excluding hydrogens is 278 g/mol. The van der Waals surface area contributed by atoms with Crippen molar-refractivity contribution in [3.05, 3.63) is 35.4 Å². The van der Waals surface area contributed by atoms with Crippen molar-refractivity contribution >= 4 is 6.03 Å². The molecule has 2 amide bonds. The molecule has 0 radical (unpaired) electrons. The van der Waals surface area contributed by atoms with Gasteiger partial charge in [0.2, 0.25) is 0 Å². The van der Waals surface area contributed by atoms with Crippen molar-refractivity contribution in [3.8, 4) is 0 Å². The van der Waals surface area contributed by atoms with Gasteiger partial charge in [-0.05, 0) is 38.7 Å². The van der Waals surface area contributed by atoms with E-state index >= 15 is 0 Å². The predicted molar refractivity (Wildman–Crippen MR) is 74.7 cm³/mol. The maximum atomic E-state index is 13.6. The average Bonchev–Trinajstić information content (AvgIpc) is 3.22. The highest BCUT2D eigenvalue weighted by Crippen LogP contribution is 2.39. The van der Waals surface area contributed by atoms with Crippen molar-refractivity contribution in [2.24, 2.45) is 5.92 Å². The van der Waals surface area contributed by atoms with Gasteiger partial charge in [-0.15, -0.1) is 0 Å². The summed E-state index contributed by atoms with van der Waals surface area (Å²) in [6.45, 7) is 3.25. The van der Waals surface area contributed by atoms with Gasteiger partial charge in [0.05, 0.1) is 18.2 Å². The van der Waals surface area contributed by atoms with Gasteiger partial charge in [0, 0.05) is 11.6 Å². The monoisotopic (exact) mass is 298 g/mol. The molecule has 1 aromatic rings. The van der Waals surface area contributed by atoms with Gasteiger partial charge in [-0.25, -0.2) is 13.6 Å². The molecule has 1 fully saturated rings. The zero-order valence-electron chi connectivity index (χ0n) is 12.1. The maximum Gasteiger partial charge on any atom is 0.315 e. The summed E-state index contributed by atoms with van der Waals surface area (Å²) in [5, 5.41) is 14.8. The van der Waals surface area contributed by atoms with Crippen LogP contribution in [-0.2, 0) is 0 Å². The lowest BCUT2D eigenvalue weighted by molar-refractivity contribution is 0.154. The fourth-order valence-electron chi connectivity index (χ4n) is 2.41. The van der Waals surface area contributed by atoms with Crippen molar-refractivity contribution in [2.75, 3.05) is 6.61 Å². The van der Waals surface area contributed by atoms with Crippen LogP contribution >= 0.6 is 0 Å². The van der Waals surface area contributed by atoms with Gasteiger partial charge in [0.15, 0.2) is 0 Å². The van der Waals surface area contributed by atoms with E-state index in [9.17, 15) is 18.7 Å². The molecule has 2 rings (SSSR count). The first-order chi connectivity index (χ1) is 9.85. The Labute approximate surface area is 122 Å². The van der Waals surface area contributed by atoms with E-state index in [1.165, 1.54) is 6.07 Å². The zero-order valence-corrected chi connectivity index (χ0v) is 12.1. The minimum Gasteiger partial charge on any atom is -0.394 e. The van der Waals surface area contributed by atoms with Gasteiger partial charge in [-0.1, -0.05) is 6.07 Å². The second-order valence-electron chi connectivity index (χ2n) is 5.84. The molecule has 1 aliphatic rings. The van der Waals surface area contributed by atoms with Crippen molar-refractivity contribution in [1.29, 1.82) is 0 Å². The molecule has 2 unspecified atom stereocenters. The number of amides is 2. The molecule has 0 heterocycles. The second-order valence-corrected chi connectivity index (χ2v) is 5.84. The third kappa shape index (κ3) is 3.69. The number of urea groups is 1. The molecule has 21 heavy (non-hydrogen) atoms. The molecule has 1 saturated carbocycles. The first-order valence-electron chi connectivity index (χ1n) is 7.00. The predicted octanol–water partition coefficient (Wildman–Crippen LogP) is 2.49. The SMILES string of the molecule is CC(NC(=O)NC(C)(CO)C1CC1)c1ccc(F)cc1F. The molecule has 2 atom stereocenters. The minimum atomic E-state index is -0.699. The number of carbonyl (C=O) groups is 1. The number of carbonyl (C=O) groups excluding carboxylic acids is 1. The molecule has 6 heteroatoms. The zero-order chi connectivity index (χ0) is 15.6. The van der Waals surface area contributed by atoms with Gasteiger partial charge in [0.1, 0.15) is 11.6 Å². The molecule has 0 spiro atoms. The van der Waals surface area contributed by atoms with Crippen LogP contribution in [0.5, 0.6) is 0 Å². The first-order valence-corrected chi connectivity index (χ1v) is 7.00. The first kappa shape index (κ1) is 15.7. The molecule has 0 saturated heterocycles. The van der Waals surface area contributed by atoms with E-state index < -0.39 is 29.2 Å². The summed E-state index contributed by atoms with van der Waals surface area (Å²) < 4.78 is 26.5. The van der Waals surface area contributed by atoms with E-state index in [4.69, 9.17) is 0 Å². The molecule has 0 aliphatic heterocycles. The number of hydrogen-bond donors (Lipinski definition) is 3.